The van der Waals surface area contributed by atoms with Crippen LogP contribution in [0.25, 0.3) is 10.8 Å². The molecule has 2 aromatic carbocycles. The second kappa shape index (κ2) is 7.26. The maximum absolute atomic E-state index is 13.8. The first-order valence-electron chi connectivity index (χ1n) is 8.74. The van der Waals surface area contributed by atoms with Crippen molar-refractivity contribution in [1.29, 1.82) is 0 Å². The van der Waals surface area contributed by atoms with Gasteiger partial charge in [0.1, 0.15) is 23.3 Å². The van der Waals surface area contributed by atoms with E-state index in [1.165, 1.54) is 11.0 Å². The lowest BCUT2D eigenvalue weighted by Gasteiger charge is -2.32. The predicted molar refractivity (Wildman–Crippen MR) is 95.4 cm³/mol. The van der Waals surface area contributed by atoms with Gasteiger partial charge in [0, 0.05) is 36.7 Å². The topological polar surface area (TPSA) is 55.3 Å². The number of benzene rings is 2. The number of aromatic nitrogens is 2. The van der Waals surface area contributed by atoms with Gasteiger partial charge in [-0.2, -0.15) is 5.10 Å². The molecular formula is C20H17F2N3O2. The second-order valence-electron chi connectivity index (χ2n) is 6.44. The molecule has 0 saturated carbocycles. The summed E-state index contributed by atoms with van der Waals surface area (Å²) in [6, 6.07) is 11.1. The number of amides is 1. The highest BCUT2D eigenvalue weighted by molar-refractivity contribution is 5.94. The fraction of sp³-hybridized carbons (Fsp3) is 0.250. The summed E-state index contributed by atoms with van der Waals surface area (Å²) >= 11 is 0. The molecule has 1 aromatic heterocycles. The van der Waals surface area contributed by atoms with E-state index in [0.717, 1.165) is 22.9 Å². The number of fused-ring (bicyclic) bond motifs is 1. The van der Waals surface area contributed by atoms with Crippen LogP contribution in [0.5, 0.6) is 5.88 Å². The molecule has 0 radical (unpaired) electrons. The van der Waals surface area contributed by atoms with E-state index in [0.29, 0.717) is 31.8 Å². The van der Waals surface area contributed by atoms with E-state index in [2.05, 4.69) is 10.2 Å². The normalized spacial score (nSPS) is 15.1. The van der Waals surface area contributed by atoms with Crippen molar-refractivity contribution in [2.75, 3.05) is 13.1 Å². The van der Waals surface area contributed by atoms with Crippen LogP contribution in [-0.4, -0.2) is 40.2 Å². The zero-order valence-electron chi connectivity index (χ0n) is 14.4. The monoisotopic (exact) mass is 369 g/mol. The minimum Gasteiger partial charge on any atom is -0.473 e. The largest absolute Gasteiger partial charge is 0.473 e. The van der Waals surface area contributed by atoms with Gasteiger partial charge in [-0.15, -0.1) is 5.10 Å². The molecule has 27 heavy (non-hydrogen) atoms. The Morgan fingerprint density at radius 2 is 1.74 bits per heavy atom. The van der Waals surface area contributed by atoms with Crippen LogP contribution < -0.4 is 4.74 Å². The molecule has 1 fully saturated rings. The van der Waals surface area contributed by atoms with Crippen molar-refractivity contribution in [3.05, 3.63) is 65.9 Å². The summed E-state index contributed by atoms with van der Waals surface area (Å²) in [5.41, 5.74) is -0.503. The fourth-order valence-corrected chi connectivity index (χ4v) is 3.28. The van der Waals surface area contributed by atoms with Crippen molar-refractivity contribution in [1.82, 2.24) is 15.1 Å². The van der Waals surface area contributed by atoms with Gasteiger partial charge < -0.3 is 9.64 Å². The van der Waals surface area contributed by atoms with E-state index < -0.39 is 23.1 Å². The molecule has 1 aliphatic heterocycles. The minimum atomic E-state index is -0.843. The average molecular weight is 369 g/mol. The number of likely N-dealkylation sites (tertiary alicyclic amines) is 1. The van der Waals surface area contributed by atoms with Crippen molar-refractivity contribution < 1.29 is 18.3 Å². The molecule has 0 N–H and O–H groups in total. The third kappa shape index (κ3) is 3.45. The molecule has 138 valence electrons. The van der Waals surface area contributed by atoms with Crippen LogP contribution in [0.3, 0.4) is 0 Å². The highest BCUT2D eigenvalue weighted by Crippen LogP contribution is 2.25. The zero-order chi connectivity index (χ0) is 18.8. The Morgan fingerprint density at radius 3 is 2.48 bits per heavy atom. The molecule has 3 aromatic rings. The summed E-state index contributed by atoms with van der Waals surface area (Å²) in [6.07, 6.45) is 2.63. The molecule has 0 aliphatic carbocycles. The first kappa shape index (κ1) is 17.3. The lowest BCUT2D eigenvalue weighted by molar-refractivity contribution is 0.0580. The molecule has 7 heteroatoms. The first-order valence-corrected chi connectivity index (χ1v) is 8.74. The highest BCUT2D eigenvalue weighted by Gasteiger charge is 2.28. The lowest BCUT2D eigenvalue weighted by atomic mass is 10.1. The van der Waals surface area contributed by atoms with Crippen LogP contribution in [0.2, 0.25) is 0 Å². The number of carbonyl (C=O) groups is 1. The van der Waals surface area contributed by atoms with E-state index in [-0.39, 0.29) is 6.10 Å². The van der Waals surface area contributed by atoms with Crippen LogP contribution >= 0.6 is 0 Å². The van der Waals surface area contributed by atoms with Gasteiger partial charge >= 0.3 is 0 Å². The minimum absolute atomic E-state index is 0.139. The smallest absolute Gasteiger partial charge is 0.259 e. The molecule has 4 rings (SSSR count). The number of nitrogens with zero attached hydrogens (tertiary/aromatic N) is 3. The molecule has 1 saturated heterocycles. The number of rotatable bonds is 3. The third-order valence-electron chi connectivity index (χ3n) is 4.72. The lowest BCUT2D eigenvalue weighted by Crippen LogP contribution is -2.42. The Kier molecular flexibility index (Phi) is 4.66. The standard InChI is InChI=1S/C20H17F2N3O2/c21-16-6-3-7-17(22)18(16)20(26)25-10-8-14(9-11-25)27-19-15-5-2-1-4-13(15)12-23-24-19/h1-7,12,14H,8-11H2. The van der Waals surface area contributed by atoms with Gasteiger partial charge in [-0.1, -0.05) is 24.3 Å². The van der Waals surface area contributed by atoms with Gasteiger partial charge in [-0.25, -0.2) is 8.78 Å². The number of carbonyl (C=O) groups excluding carboxylic acids is 1. The zero-order valence-corrected chi connectivity index (χ0v) is 14.4. The number of hydrogen-bond acceptors (Lipinski definition) is 4. The first-order chi connectivity index (χ1) is 13.1. The van der Waals surface area contributed by atoms with E-state index in [1.807, 2.05) is 24.3 Å². The highest BCUT2D eigenvalue weighted by atomic mass is 19.1. The average Bonchev–Trinajstić information content (AvgIpc) is 2.69. The molecule has 0 spiro atoms. The number of hydrogen-bond donors (Lipinski definition) is 0. The molecule has 1 aliphatic rings. The Morgan fingerprint density at radius 1 is 1.04 bits per heavy atom. The second-order valence-corrected chi connectivity index (χ2v) is 6.44. The fourth-order valence-electron chi connectivity index (χ4n) is 3.28. The van der Waals surface area contributed by atoms with Crippen molar-refractivity contribution in [2.45, 2.75) is 18.9 Å². The van der Waals surface area contributed by atoms with Crippen LogP contribution in [0.1, 0.15) is 23.2 Å². The maximum atomic E-state index is 13.8. The number of ether oxygens (including phenoxy) is 1. The van der Waals surface area contributed by atoms with Crippen LogP contribution in [0.15, 0.2) is 48.7 Å². The van der Waals surface area contributed by atoms with Crippen LogP contribution in [-0.2, 0) is 0 Å². The number of halogens is 2. The van der Waals surface area contributed by atoms with E-state index in [1.54, 1.807) is 6.20 Å². The summed E-state index contributed by atoms with van der Waals surface area (Å²) in [7, 11) is 0. The van der Waals surface area contributed by atoms with E-state index >= 15 is 0 Å². The molecule has 0 unspecified atom stereocenters. The molecule has 2 heterocycles. The summed E-state index contributed by atoms with van der Waals surface area (Å²) in [4.78, 5) is 13.9. The van der Waals surface area contributed by atoms with Crippen molar-refractivity contribution in [2.24, 2.45) is 0 Å². The SMILES string of the molecule is O=C(c1c(F)cccc1F)N1CCC(Oc2nncc3ccccc23)CC1. The predicted octanol–water partition coefficient (Wildman–Crippen LogP) is 3.59. The quantitative estimate of drug-likeness (QED) is 0.708. The van der Waals surface area contributed by atoms with Gasteiger partial charge in [-0.05, 0) is 18.2 Å². The summed E-state index contributed by atoms with van der Waals surface area (Å²) in [5.74, 6) is -1.86. The van der Waals surface area contributed by atoms with E-state index in [9.17, 15) is 13.6 Å². The van der Waals surface area contributed by atoms with Crippen molar-refractivity contribution in [3.63, 3.8) is 0 Å². The van der Waals surface area contributed by atoms with Gasteiger partial charge in [-0.3, -0.25) is 4.79 Å². The van der Waals surface area contributed by atoms with Crippen LogP contribution in [0, 0.1) is 11.6 Å². The molecule has 0 atom stereocenters. The van der Waals surface area contributed by atoms with Gasteiger partial charge in [0.05, 0.1) is 6.20 Å². The summed E-state index contributed by atoms with van der Waals surface area (Å²) in [5, 5.41) is 9.84. The van der Waals surface area contributed by atoms with Gasteiger partial charge in [0.25, 0.3) is 5.91 Å². The maximum Gasteiger partial charge on any atom is 0.259 e. The Labute approximate surface area is 154 Å². The summed E-state index contributed by atoms with van der Waals surface area (Å²) in [6.45, 7) is 0.713. The van der Waals surface area contributed by atoms with Crippen LogP contribution in [0.4, 0.5) is 8.78 Å². The number of piperidine rings is 1. The Bertz CT molecular complexity index is 962. The Balaban J connectivity index is 1.44. The summed E-state index contributed by atoms with van der Waals surface area (Å²) < 4.78 is 33.7. The van der Waals surface area contributed by atoms with E-state index in [4.69, 9.17) is 4.74 Å². The molecular weight excluding hydrogens is 352 g/mol. The molecule has 5 nitrogen and oxygen atoms in total. The Hall–Kier alpha value is -3.09. The molecule has 1 amide bonds. The van der Waals surface area contributed by atoms with Gasteiger partial charge in [0.2, 0.25) is 5.88 Å². The van der Waals surface area contributed by atoms with Gasteiger partial charge in [0.15, 0.2) is 0 Å². The van der Waals surface area contributed by atoms with Crippen molar-refractivity contribution in [3.8, 4) is 5.88 Å². The van der Waals surface area contributed by atoms with Crippen molar-refractivity contribution >= 4 is 16.7 Å². The third-order valence-corrected chi connectivity index (χ3v) is 4.72. The molecule has 0 bridgehead atoms.